The third-order valence-corrected chi connectivity index (χ3v) is 5.83. The molecule has 0 spiro atoms. The molecule has 1 fully saturated rings. The number of hydrogen-bond acceptors (Lipinski definition) is 5. The smallest absolute Gasteiger partial charge is 0.236 e. The minimum atomic E-state index is -0.399. The van der Waals surface area contributed by atoms with Crippen LogP contribution in [0.3, 0.4) is 0 Å². The molecule has 2 heterocycles. The third-order valence-electron chi connectivity index (χ3n) is 5.07. The molecule has 6 heteroatoms. The van der Waals surface area contributed by atoms with E-state index in [1.807, 2.05) is 53.9 Å². The first-order valence-corrected chi connectivity index (χ1v) is 9.85. The number of ether oxygens (including phenoxy) is 2. The molecule has 0 unspecified atom stereocenters. The van der Waals surface area contributed by atoms with Gasteiger partial charge >= 0.3 is 0 Å². The van der Waals surface area contributed by atoms with Crippen LogP contribution in [0.1, 0.15) is 18.4 Å². The average molecular weight is 378 g/mol. The maximum atomic E-state index is 12.9. The average Bonchev–Trinajstić information content (AvgIpc) is 3.42. The normalized spacial score (nSPS) is 16.6. The van der Waals surface area contributed by atoms with Crippen molar-refractivity contribution in [3.8, 4) is 22.8 Å². The molecule has 136 valence electrons. The van der Waals surface area contributed by atoms with Gasteiger partial charge in [0.1, 0.15) is 13.2 Å². The number of carbonyl (C=O) groups is 1. The highest BCUT2D eigenvalue weighted by atomic mass is 32.1. The van der Waals surface area contributed by atoms with Crippen LogP contribution in [0.4, 0.5) is 5.13 Å². The Hall–Kier alpha value is -2.86. The lowest BCUT2D eigenvalue weighted by Gasteiger charge is -2.18. The number of fused-ring (bicyclic) bond motifs is 1. The largest absolute Gasteiger partial charge is 0.486 e. The van der Waals surface area contributed by atoms with E-state index in [-0.39, 0.29) is 5.91 Å². The highest BCUT2D eigenvalue weighted by molar-refractivity contribution is 7.14. The van der Waals surface area contributed by atoms with Crippen LogP contribution in [0, 0.1) is 0 Å². The topological polar surface area (TPSA) is 60.5 Å². The number of benzene rings is 2. The van der Waals surface area contributed by atoms with E-state index in [2.05, 4.69) is 10.3 Å². The van der Waals surface area contributed by atoms with Crippen molar-refractivity contribution in [1.82, 2.24) is 4.98 Å². The molecular formula is C21H18N2O3S. The summed E-state index contributed by atoms with van der Waals surface area (Å²) in [6.45, 7) is 1.12. The molecule has 0 atom stereocenters. The second-order valence-electron chi connectivity index (χ2n) is 6.80. The molecule has 2 aliphatic rings. The summed E-state index contributed by atoms with van der Waals surface area (Å²) in [6, 6.07) is 15.8. The number of rotatable bonds is 4. The van der Waals surface area contributed by atoms with Crippen molar-refractivity contribution in [2.45, 2.75) is 18.3 Å². The lowest BCUT2D eigenvalue weighted by molar-refractivity contribution is -0.118. The zero-order valence-corrected chi connectivity index (χ0v) is 15.4. The number of amides is 1. The summed E-state index contributed by atoms with van der Waals surface area (Å²) in [6.07, 6.45) is 1.76. The molecule has 1 saturated carbocycles. The Morgan fingerprint density at radius 1 is 1.04 bits per heavy atom. The van der Waals surface area contributed by atoms with Gasteiger partial charge in [0.15, 0.2) is 16.6 Å². The van der Waals surface area contributed by atoms with Crippen molar-refractivity contribution >= 4 is 22.4 Å². The van der Waals surface area contributed by atoms with E-state index in [4.69, 9.17) is 9.47 Å². The lowest BCUT2D eigenvalue weighted by Crippen LogP contribution is -2.27. The molecule has 1 amide bonds. The minimum Gasteiger partial charge on any atom is -0.486 e. The van der Waals surface area contributed by atoms with E-state index in [1.54, 1.807) is 0 Å². The molecule has 0 radical (unpaired) electrons. The Labute approximate surface area is 161 Å². The van der Waals surface area contributed by atoms with Crippen LogP contribution in [0.15, 0.2) is 53.9 Å². The Balaban J connectivity index is 1.35. The van der Waals surface area contributed by atoms with Crippen LogP contribution >= 0.6 is 11.3 Å². The van der Waals surface area contributed by atoms with E-state index in [1.165, 1.54) is 11.3 Å². The number of nitrogens with one attached hydrogen (secondary N) is 1. The van der Waals surface area contributed by atoms with Crippen molar-refractivity contribution in [2.75, 3.05) is 18.5 Å². The molecule has 0 bridgehead atoms. The fourth-order valence-electron chi connectivity index (χ4n) is 3.41. The first kappa shape index (κ1) is 16.3. The molecule has 27 heavy (non-hydrogen) atoms. The van der Waals surface area contributed by atoms with Gasteiger partial charge in [-0.05, 0) is 36.6 Å². The molecular weight excluding hydrogens is 360 g/mol. The van der Waals surface area contributed by atoms with Gasteiger partial charge in [0.25, 0.3) is 0 Å². The standard InChI is InChI=1S/C21H18N2O3S/c24-19(21(8-9-21)15-4-2-1-3-5-15)23-20-22-16(13-27-20)14-6-7-17-18(12-14)26-11-10-25-17/h1-7,12-13H,8-11H2,(H,22,23,24). The molecule has 1 aromatic heterocycles. The first-order chi connectivity index (χ1) is 13.2. The molecule has 2 aromatic carbocycles. The molecule has 1 aliphatic heterocycles. The zero-order chi connectivity index (χ0) is 18.3. The summed E-state index contributed by atoms with van der Waals surface area (Å²) in [5.41, 5.74) is 2.44. The van der Waals surface area contributed by atoms with Crippen LogP contribution in [-0.4, -0.2) is 24.1 Å². The Kier molecular flexibility index (Phi) is 3.86. The lowest BCUT2D eigenvalue weighted by atomic mass is 9.95. The van der Waals surface area contributed by atoms with Gasteiger partial charge in [-0.1, -0.05) is 30.3 Å². The van der Waals surface area contributed by atoms with Gasteiger partial charge in [0.2, 0.25) is 5.91 Å². The van der Waals surface area contributed by atoms with Gasteiger partial charge in [-0.3, -0.25) is 4.79 Å². The van der Waals surface area contributed by atoms with E-state index in [0.717, 1.165) is 41.2 Å². The number of anilines is 1. The fourth-order valence-corrected chi connectivity index (χ4v) is 4.13. The highest BCUT2D eigenvalue weighted by Crippen LogP contribution is 2.49. The summed E-state index contributed by atoms with van der Waals surface area (Å²) < 4.78 is 11.2. The van der Waals surface area contributed by atoms with E-state index < -0.39 is 5.41 Å². The highest BCUT2D eigenvalue weighted by Gasteiger charge is 2.51. The van der Waals surface area contributed by atoms with E-state index in [9.17, 15) is 4.79 Å². The van der Waals surface area contributed by atoms with Crippen LogP contribution in [0.5, 0.6) is 11.5 Å². The Bertz CT molecular complexity index is 996. The van der Waals surface area contributed by atoms with Crippen molar-refractivity contribution in [3.05, 3.63) is 59.5 Å². The van der Waals surface area contributed by atoms with Crippen molar-refractivity contribution < 1.29 is 14.3 Å². The number of nitrogens with zero attached hydrogens (tertiary/aromatic N) is 1. The van der Waals surface area contributed by atoms with Gasteiger partial charge in [-0.2, -0.15) is 0 Å². The van der Waals surface area contributed by atoms with Gasteiger partial charge in [-0.25, -0.2) is 4.98 Å². The minimum absolute atomic E-state index is 0.0248. The van der Waals surface area contributed by atoms with E-state index in [0.29, 0.717) is 18.3 Å². The zero-order valence-electron chi connectivity index (χ0n) is 14.6. The monoisotopic (exact) mass is 378 g/mol. The van der Waals surface area contributed by atoms with Crippen LogP contribution in [0.25, 0.3) is 11.3 Å². The van der Waals surface area contributed by atoms with Crippen LogP contribution < -0.4 is 14.8 Å². The SMILES string of the molecule is O=C(Nc1nc(-c2ccc3c(c2)OCCO3)cs1)C1(c2ccccc2)CC1. The second kappa shape index (κ2) is 6.39. The van der Waals surface area contributed by atoms with Crippen LogP contribution in [-0.2, 0) is 10.2 Å². The molecule has 5 rings (SSSR count). The Morgan fingerprint density at radius 2 is 1.81 bits per heavy atom. The number of thiazole rings is 1. The predicted molar refractivity (Wildman–Crippen MR) is 105 cm³/mol. The number of hydrogen-bond donors (Lipinski definition) is 1. The summed E-state index contributed by atoms with van der Waals surface area (Å²) in [5.74, 6) is 1.52. The second-order valence-corrected chi connectivity index (χ2v) is 7.66. The first-order valence-electron chi connectivity index (χ1n) is 8.97. The van der Waals surface area contributed by atoms with Gasteiger partial charge in [0.05, 0.1) is 11.1 Å². The van der Waals surface area contributed by atoms with Gasteiger partial charge in [0, 0.05) is 10.9 Å². The van der Waals surface area contributed by atoms with Gasteiger partial charge < -0.3 is 14.8 Å². The number of aromatic nitrogens is 1. The summed E-state index contributed by atoms with van der Waals surface area (Å²) in [7, 11) is 0. The maximum Gasteiger partial charge on any atom is 0.236 e. The van der Waals surface area contributed by atoms with Gasteiger partial charge in [-0.15, -0.1) is 11.3 Å². The summed E-state index contributed by atoms with van der Waals surface area (Å²) in [5, 5.41) is 5.57. The summed E-state index contributed by atoms with van der Waals surface area (Å²) >= 11 is 1.43. The molecule has 3 aromatic rings. The predicted octanol–water partition coefficient (Wildman–Crippen LogP) is 4.25. The van der Waals surface area contributed by atoms with Crippen molar-refractivity contribution in [3.63, 3.8) is 0 Å². The molecule has 1 N–H and O–H groups in total. The van der Waals surface area contributed by atoms with Crippen molar-refractivity contribution in [2.24, 2.45) is 0 Å². The van der Waals surface area contributed by atoms with E-state index >= 15 is 0 Å². The molecule has 5 nitrogen and oxygen atoms in total. The maximum absolute atomic E-state index is 12.9. The fraction of sp³-hybridized carbons (Fsp3) is 0.238. The number of carbonyl (C=O) groups excluding carboxylic acids is 1. The summed E-state index contributed by atoms with van der Waals surface area (Å²) in [4.78, 5) is 17.4. The molecule has 0 saturated heterocycles. The molecule has 1 aliphatic carbocycles. The van der Waals surface area contributed by atoms with Crippen molar-refractivity contribution in [1.29, 1.82) is 0 Å². The quantitative estimate of drug-likeness (QED) is 0.737. The Morgan fingerprint density at radius 3 is 2.59 bits per heavy atom. The van der Waals surface area contributed by atoms with Crippen LogP contribution in [0.2, 0.25) is 0 Å². The third kappa shape index (κ3) is 2.96.